The quantitative estimate of drug-likeness (QED) is 0.746. The number of nitrogens with one attached hydrogen (secondary N) is 1. The van der Waals surface area contributed by atoms with Gasteiger partial charge in [0.25, 0.3) is 10.0 Å². The van der Waals surface area contributed by atoms with Crippen LogP contribution in [0.1, 0.15) is 30.9 Å². The van der Waals surface area contributed by atoms with Crippen LogP contribution in [0.15, 0.2) is 47.4 Å². The molecule has 3 rings (SSSR count). The lowest BCUT2D eigenvalue weighted by Crippen LogP contribution is -2.32. The average Bonchev–Trinajstić information content (AvgIpc) is 2.67. The highest BCUT2D eigenvalue weighted by Crippen LogP contribution is 2.30. The predicted octanol–water partition coefficient (Wildman–Crippen LogP) is 3.84. The van der Waals surface area contributed by atoms with E-state index in [0.717, 1.165) is 50.0 Å². The van der Waals surface area contributed by atoms with Gasteiger partial charge >= 0.3 is 0 Å². The fraction of sp³-hybridized carbons (Fsp3) is 0.429. The summed E-state index contributed by atoms with van der Waals surface area (Å²) in [6.07, 6.45) is 4.12. The molecule has 1 heterocycles. The molecule has 0 saturated heterocycles. The van der Waals surface area contributed by atoms with Gasteiger partial charge in [0, 0.05) is 25.9 Å². The fourth-order valence-corrected chi connectivity index (χ4v) is 4.54. The number of hydrogen-bond acceptors (Lipinski definition) is 4. The van der Waals surface area contributed by atoms with E-state index in [9.17, 15) is 8.42 Å². The van der Waals surface area contributed by atoms with Crippen molar-refractivity contribution in [3.63, 3.8) is 0 Å². The maximum atomic E-state index is 12.7. The highest BCUT2D eigenvalue weighted by atomic mass is 32.2. The second-order valence-corrected chi connectivity index (χ2v) is 8.61. The molecule has 0 aliphatic carbocycles. The molecular weight excluding hydrogens is 360 g/mol. The zero-order chi connectivity index (χ0) is 19.3. The van der Waals surface area contributed by atoms with Crippen molar-refractivity contribution in [2.75, 3.05) is 36.4 Å². The molecule has 0 spiro atoms. The van der Waals surface area contributed by atoms with Gasteiger partial charge in [0.15, 0.2) is 0 Å². The Kier molecular flexibility index (Phi) is 6.39. The smallest absolute Gasteiger partial charge is 0.261 e. The Balaban J connectivity index is 1.80. The van der Waals surface area contributed by atoms with Gasteiger partial charge in [-0.1, -0.05) is 31.5 Å². The second-order valence-electron chi connectivity index (χ2n) is 6.93. The number of anilines is 2. The molecule has 1 aliphatic rings. The van der Waals surface area contributed by atoms with Gasteiger partial charge in [0.2, 0.25) is 0 Å². The van der Waals surface area contributed by atoms with E-state index in [1.807, 2.05) is 30.3 Å². The third kappa shape index (κ3) is 4.82. The molecule has 0 bridgehead atoms. The summed E-state index contributed by atoms with van der Waals surface area (Å²) >= 11 is 0. The van der Waals surface area contributed by atoms with Crippen molar-refractivity contribution in [2.24, 2.45) is 0 Å². The SMILES string of the molecule is CCCc1ccc(S(=O)(=O)Nc2ccc3c(c2)N(CCOC)CCC3)cc1. The van der Waals surface area contributed by atoms with E-state index >= 15 is 0 Å². The largest absolute Gasteiger partial charge is 0.383 e. The number of methoxy groups -OCH3 is 1. The first-order valence-corrected chi connectivity index (χ1v) is 11.0. The highest BCUT2D eigenvalue weighted by Gasteiger charge is 2.19. The van der Waals surface area contributed by atoms with Crippen LogP contribution in [0.3, 0.4) is 0 Å². The summed E-state index contributed by atoms with van der Waals surface area (Å²) in [5, 5.41) is 0. The number of fused-ring (bicyclic) bond motifs is 1. The number of ether oxygens (including phenoxy) is 1. The molecule has 0 aromatic heterocycles. The lowest BCUT2D eigenvalue weighted by atomic mass is 10.0. The van der Waals surface area contributed by atoms with Crippen LogP contribution in [0.25, 0.3) is 0 Å². The summed E-state index contributed by atoms with van der Waals surface area (Å²) in [5.74, 6) is 0. The molecule has 0 radical (unpaired) electrons. The minimum Gasteiger partial charge on any atom is -0.383 e. The van der Waals surface area contributed by atoms with Crippen LogP contribution in [-0.4, -0.2) is 35.2 Å². The molecular formula is C21H28N2O3S. The van der Waals surface area contributed by atoms with Gasteiger partial charge in [-0.3, -0.25) is 4.72 Å². The van der Waals surface area contributed by atoms with E-state index in [0.29, 0.717) is 12.3 Å². The van der Waals surface area contributed by atoms with Gasteiger partial charge in [0.1, 0.15) is 0 Å². The van der Waals surface area contributed by atoms with E-state index in [-0.39, 0.29) is 4.90 Å². The number of rotatable bonds is 8. The van der Waals surface area contributed by atoms with Gasteiger partial charge < -0.3 is 9.64 Å². The Morgan fingerprint density at radius 3 is 2.63 bits per heavy atom. The van der Waals surface area contributed by atoms with Gasteiger partial charge in [-0.05, 0) is 54.7 Å². The predicted molar refractivity (Wildman–Crippen MR) is 110 cm³/mol. The maximum absolute atomic E-state index is 12.7. The topological polar surface area (TPSA) is 58.6 Å². The van der Waals surface area contributed by atoms with E-state index < -0.39 is 10.0 Å². The molecule has 146 valence electrons. The fourth-order valence-electron chi connectivity index (χ4n) is 3.49. The third-order valence-electron chi connectivity index (χ3n) is 4.89. The molecule has 1 N–H and O–H groups in total. The molecule has 0 fully saturated rings. The van der Waals surface area contributed by atoms with Crippen LogP contribution in [0, 0.1) is 0 Å². The van der Waals surface area contributed by atoms with Crippen LogP contribution in [0.4, 0.5) is 11.4 Å². The summed E-state index contributed by atoms with van der Waals surface area (Å²) in [6.45, 7) is 4.53. The molecule has 0 unspecified atom stereocenters. The van der Waals surface area contributed by atoms with Crippen molar-refractivity contribution >= 4 is 21.4 Å². The number of aryl methyl sites for hydroxylation is 2. The Morgan fingerprint density at radius 2 is 1.93 bits per heavy atom. The van der Waals surface area contributed by atoms with Crippen molar-refractivity contribution in [2.45, 2.75) is 37.5 Å². The summed E-state index contributed by atoms with van der Waals surface area (Å²) < 4.78 is 33.4. The molecule has 0 amide bonds. The zero-order valence-electron chi connectivity index (χ0n) is 16.1. The standard InChI is InChI=1S/C21H28N2O3S/c1-3-5-17-7-11-20(12-8-17)27(24,25)22-19-10-9-18-6-4-13-23(14-15-26-2)21(18)16-19/h7-12,16,22H,3-6,13-15H2,1-2H3. The summed E-state index contributed by atoms with van der Waals surface area (Å²) in [4.78, 5) is 2.55. The van der Waals surface area contributed by atoms with Crippen molar-refractivity contribution in [1.29, 1.82) is 0 Å². The second kappa shape index (κ2) is 8.76. The van der Waals surface area contributed by atoms with Crippen LogP contribution >= 0.6 is 0 Å². The Labute approximate surface area is 162 Å². The first kappa shape index (κ1) is 19.7. The van der Waals surface area contributed by atoms with Crippen LogP contribution in [-0.2, 0) is 27.6 Å². The van der Waals surface area contributed by atoms with Gasteiger partial charge in [-0.25, -0.2) is 8.42 Å². The minimum atomic E-state index is -3.60. The van der Waals surface area contributed by atoms with Crippen LogP contribution in [0.2, 0.25) is 0 Å². The Morgan fingerprint density at radius 1 is 1.15 bits per heavy atom. The number of nitrogens with zero attached hydrogens (tertiary/aromatic N) is 1. The first-order chi connectivity index (χ1) is 13.0. The molecule has 6 heteroatoms. The van der Waals surface area contributed by atoms with E-state index in [1.165, 1.54) is 5.56 Å². The average molecular weight is 389 g/mol. The zero-order valence-corrected chi connectivity index (χ0v) is 16.9. The lowest BCUT2D eigenvalue weighted by molar-refractivity contribution is 0.205. The number of benzene rings is 2. The maximum Gasteiger partial charge on any atom is 0.261 e. The molecule has 5 nitrogen and oxygen atoms in total. The van der Waals surface area contributed by atoms with Crippen molar-refractivity contribution in [3.8, 4) is 0 Å². The summed E-state index contributed by atoms with van der Waals surface area (Å²) in [5.41, 5.74) is 4.09. The molecule has 2 aromatic rings. The van der Waals surface area contributed by atoms with Crippen LogP contribution < -0.4 is 9.62 Å². The Hall–Kier alpha value is -2.05. The Bertz CT molecular complexity index is 863. The van der Waals surface area contributed by atoms with E-state index in [2.05, 4.69) is 16.5 Å². The van der Waals surface area contributed by atoms with Gasteiger partial charge in [0.05, 0.1) is 17.2 Å². The summed E-state index contributed by atoms with van der Waals surface area (Å²) in [6, 6.07) is 12.9. The van der Waals surface area contributed by atoms with Crippen molar-refractivity contribution < 1.29 is 13.2 Å². The molecule has 0 saturated carbocycles. The molecule has 1 aliphatic heterocycles. The lowest BCUT2D eigenvalue weighted by Gasteiger charge is -2.31. The van der Waals surface area contributed by atoms with Crippen LogP contribution in [0.5, 0.6) is 0 Å². The minimum absolute atomic E-state index is 0.288. The van der Waals surface area contributed by atoms with Crippen molar-refractivity contribution in [1.82, 2.24) is 0 Å². The van der Waals surface area contributed by atoms with Crippen molar-refractivity contribution in [3.05, 3.63) is 53.6 Å². The van der Waals surface area contributed by atoms with E-state index in [4.69, 9.17) is 4.74 Å². The molecule has 2 aromatic carbocycles. The normalized spacial score (nSPS) is 14.1. The monoisotopic (exact) mass is 388 g/mol. The van der Waals surface area contributed by atoms with Gasteiger partial charge in [-0.2, -0.15) is 0 Å². The number of hydrogen-bond donors (Lipinski definition) is 1. The summed E-state index contributed by atoms with van der Waals surface area (Å²) in [7, 11) is -1.90. The highest BCUT2D eigenvalue weighted by molar-refractivity contribution is 7.92. The first-order valence-electron chi connectivity index (χ1n) is 9.52. The third-order valence-corrected chi connectivity index (χ3v) is 6.29. The molecule has 0 atom stereocenters. The molecule has 27 heavy (non-hydrogen) atoms. The van der Waals surface area contributed by atoms with Gasteiger partial charge in [-0.15, -0.1) is 0 Å². The number of sulfonamides is 1. The van der Waals surface area contributed by atoms with E-state index in [1.54, 1.807) is 19.2 Å².